The van der Waals surface area contributed by atoms with Gasteiger partial charge in [-0.25, -0.2) is 10.1 Å². The van der Waals surface area contributed by atoms with E-state index in [9.17, 15) is 4.79 Å². The molecule has 0 amide bonds. The summed E-state index contributed by atoms with van der Waals surface area (Å²) < 4.78 is 0. The Balaban J connectivity index is 1.87. The molecule has 0 atom stereocenters. The number of aromatic amines is 1. The van der Waals surface area contributed by atoms with Crippen LogP contribution in [0.3, 0.4) is 0 Å². The van der Waals surface area contributed by atoms with Gasteiger partial charge in [0.05, 0.1) is 18.1 Å². The van der Waals surface area contributed by atoms with Crippen molar-refractivity contribution in [2.24, 2.45) is 5.10 Å². The second kappa shape index (κ2) is 4.52. The fourth-order valence-corrected chi connectivity index (χ4v) is 2.49. The summed E-state index contributed by atoms with van der Waals surface area (Å²) >= 11 is 0. The number of hydrogen-bond acceptors (Lipinski definition) is 5. The Hall–Kier alpha value is -3.02. The normalized spacial score (nSPS) is 12.9. The number of nitrogens with zero attached hydrogens (tertiary/aromatic N) is 4. The number of hydrazone groups is 1. The van der Waals surface area contributed by atoms with Crippen molar-refractivity contribution in [2.45, 2.75) is 6.54 Å². The molecule has 0 saturated carbocycles. The van der Waals surface area contributed by atoms with Crippen molar-refractivity contribution < 1.29 is 0 Å². The van der Waals surface area contributed by atoms with Gasteiger partial charge in [-0.2, -0.15) is 10.2 Å². The third-order valence-corrected chi connectivity index (χ3v) is 3.46. The highest BCUT2D eigenvalue weighted by Gasteiger charge is 2.19. The van der Waals surface area contributed by atoms with Crippen LogP contribution < -0.4 is 10.6 Å². The molecule has 6 nitrogen and oxygen atoms in total. The van der Waals surface area contributed by atoms with Gasteiger partial charge in [0.2, 0.25) is 0 Å². The molecule has 1 aromatic carbocycles. The van der Waals surface area contributed by atoms with Crippen LogP contribution in [-0.4, -0.2) is 21.4 Å². The quantitative estimate of drug-likeness (QED) is 0.773. The molecule has 21 heavy (non-hydrogen) atoms. The number of H-pyrrole nitrogens is 1. The molecule has 1 aliphatic rings. The van der Waals surface area contributed by atoms with Crippen molar-refractivity contribution >= 4 is 22.8 Å². The van der Waals surface area contributed by atoms with Crippen molar-refractivity contribution in [3.05, 3.63) is 64.2 Å². The molecule has 1 N–H and O–H groups in total. The zero-order valence-electron chi connectivity index (χ0n) is 11.0. The number of benzene rings is 1. The monoisotopic (exact) mass is 277 g/mol. The molecule has 2 aromatic heterocycles. The zero-order chi connectivity index (χ0) is 14.2. The molecule has 0 saturated heterocycles. The minimum absolute atomic E-state index is 0.188. The fraction of sp³-hybridized carbons (Fsp3) is 0.0667. The highest BCUT2D eigenvalue weighted by molar-refractivity contribution is 6.07. The smallest absolute Gasteiger partial charge is 0.267 e. The number of aromatic nitrogens is 3. The predicted molar refractivity (Wildman–Crippen MR) is 80.4 cm³/mol. The summed E-state index contributed by atoms with van der Waals surface area (Å²) in [7, 11) is 0. The van der Waals surface area contributed by atoms with E-state index < -0.39 is 0 Å². The van der Waals surface area contributed by atoms with Crippen LogP contribution in [0.4, 0.5) is 5.82 Å². The number of nitrogens with one attached hydrogen (secondary N) is 1. The summed E-state index contributed by atoms with van der Waals surface area (Å²) in [6, 6.07) is 9.43. The van der Waals surface area contributed by atoms with E-state index in [-0.39, 0.29) is 5.56 Å². The molecule has 0 bridgehead atoms. The summed E-state index contributed by atoms with van der Waals surface area (Å²) in [6.07, 6.45) is 5.28. The number of hydrogen-bond donors (Lipinski definition) is 1. The van der Waals surface area contributed by atoms with Gasteiger partial charge < -0.3 is 0 Å². The second-order valence-electron chi connectivity index (χ2n) is 4.81. The van der Waals surface area contributed by atoms with Gasteiger partial charge in [0.1, 0.15) is 0 Å². The van der Waals surface area contributed by atoms with Gasteiger partial charge >= 0.3 is 0 Å². The van der Waals surface area contributed by atoms with Gasteiger partial charge in [-0.05, 0) is 17.7 Å². The predicted octanol–water partition coefficient (Wildman–Crippen LogP) is 1.67. The lowest BCUT2D eigenvalue weighted by Gasteiger charge is -2.22. The van der Waals surface area contributed by atoms with Crippen molar-refractivity contribution in [2.75, 3.05) is 5.01 Å². The summed E-state index contributed by atoms with van der Waals surface area (Å²) in [5.41, 5.74) is 1.74. The highest BCUT2D eigenvalue weighted by atomic mass is 16.1. The molecule has 4 rings (SSSR count). The number of rotatable bonds is 2. The fourth-order valence-electron chi connectivity index (χ4n) is 2.49. The summed E-state index contributed by atoms with van der Waals surface area (Å²) in [5, 5.41) is 14.3. The maximum Gasteiger partial charge on any atom is 0.272 e. The summed E-state index contributed by atoms with van der Waals surface area (Å²) in [4.78, 5) is 16.0. The maximum absolute atomic E-state index is 11.9. The first-order valence-corrected chi connectivity index (χ1v) is 6.55. The molecule has 0 unspecified atom stereocenters. The van der Waals surface area contributed by atoms with Gasteiger partial charge in [0.25, 0.3) is 5.56 Å². The van der Waals surface area contributed by atoms with Crippen LogP contribution in [0.1, 0.15) is 11.1 Å². The first-order chi connectivity index (χ1) is 10.3. The molecule has 0 radical (unpaired) electrons. The zero-order valence-corrected chi connectivity index (χ0v) is 11.0. The summed E-state index contributed by atoms with van der Waals surface area (Å²) in [5.74, 6) is 0.659. The van der Waals surface area contributed by atoms with Gasteiger partial charge in [-0.1, -0.05) is 18.2 Å². The van der Waals surface area contributed by atoms with E-state index in [1.54, 1.807) is 29.7 Å². The van der Waals surface area contributed by atoms with E-state index in [2.05, 4.69) is 20.3 Å². The van der Waals surface area contributed by atoms with Crippen LogP contribution in [0.5, 0.6) is 0 Å². The van der Waals surface area contributed by atoms with Crippen LogP contribution >= 0.6 is 0 Å². The van der Waals surface area contributed by atoms with E-state index >= 15 is 0 Å². The van der Waals surface area contributed by atoms with E-state index in [4.69, 9.17) is 0 Å². The van der Waals surface area contributed by atoms with E-state index in [1.807, 2.05) is 24.3 Å². The minimum atomic E-state index is -0.188. The van der Waals surface area contributed by atoms with Crippen molar-refractivity contribution in [3.8, 4) is 0 Å². The lowest BCUT2D eigenvalue weighted by atomic mass is 10.1. The highest BCUT2D eigenvalue weighted by Crippen LogP contribution is 2.28. The number of pyridine rings is 1. The lowest BCUT2D eigenvalue weighted by Crippen LogP contribution is -2.24. The molecule has 1 aliphatic heterocycles. The molecule has 3 heterocycles. The van der Waals surface area contributed by atoms with Crippen LogP contribution in [0, 0.1) is 0 Å². The van der Waals surface area contributed by atoms with Crippen molar-refractivity contribution in [3.63, 3.8) is 0 Å². The van der Waals surface area contributed by atoms with Gasteiger partial charge in [-0.3, -0.25) is 9.78 Å². The van der Waals surface area contributed by atoms with Gasteiger partial charge in [0.15, 0.2) is 5.82 Å². The third-order valence-electron chi connectivity index (χ3n) is 3.46. The summed E-state index contributed by atoms with van der Waals surface area (Å²) in [6.45, 7) is 0.548. The number of anilines is 1. The molecule has 6 heteroatoms. The topological polar surface area (TPSA) is 74.2 Å². The molecule has 0 fully saturated rings. The van der Waals surface area contributed by atoms with Crippen LogP contribution in [0.25, 0.3) is 10.8 Å². The molecular formula is C15H11N5O. The second-order valence-corrected chi connectivity index (χ2v) is 4.81. The van der Waals surface area contributed by atoms with E-state index in [0.29, 0.717) is 17.7 Å². The first kappa shape index (κ1) is 11.8. The van der Waals surface area contributed by atoms with Gasteiger partial charge in [-0.15, -0.1) is 0 Å². The van der Waals surface area contributed by atoms with Crippen LogP contribution in [0.2, 0.25) is 0 Å². The largest absolute Gasteiger partial charge is 0.272 e. The Labute approximate surface area is 119 Å². The Morgan fingerprint density at radius 1 is 1.19 bits per heavy atom. The minimum Gasteiger partial charge on any atom is -0.267 e. The molecular weight excluding hydrogens is 266 g/mol. The lowest BCUT2D eigenvalue weighted by molar-refractivity contribution is 0.812. The molecule has 0 aliphatic carbocycles. The average molecular weight is 277 g/mol. The molecule has 3 aromatic rings. The van der Waals surface area contributed by atoms with Gasteiger partial charge in [0, 0.05) is 23.3 Å². The van der Waals surface area contributed by atoms with Crippen LogP contribution in [-0.2, 0) is 6.54 Å². The Bertz CT molecular complexity index is 901. The molecule has 0 spiro atoms. The first-order valence-electron chi connectivity index (χ1n) is 6.55. The average Bonchev–Trinajstić information content (AvgIpc) is 2.53. The Kier molecular flexibility index (Phi) is 2.53. The van der Waals surface area contributed by atoms with Crippen molar-refractivity contribution in [1.82, 2.24) is 15.2 Å². The van der Waals surface area contributed by atoms with Crippen molar-refractivity contribution in [1.29, 1.82) is 0 Å². The maximum atomic E-state index is 11.9. The van der Waals surface area contributed by atoms with Crippen LogP contribution in [0.15, 0.2) is 52.6 Å². The molecule has 102 valence electrons. The van der Waals surface area contributed by atoms with E-state index in [1.165, 1.54) is 0 Å². The van der Waals surface area contributed by atoms with E-state index in [0.717, 1.165) is 16.5 Å². The third kappa shape index (κ3) is 1.88. The Morgan fingerprint density at radius 3 is 3.00 bits per heavy atom. The SMILES string of the molecule is O=c1[nH]nc2c3c(cccc13)C=NN2Cc1cccnc1. The Morgan fingerprint density at radius 2 is 2.14 bits per heavy atom. The standard InChI is InChI=1S/C15H11N5O/c21-15-12-5-1-4-11-8-17-20(14(13(11)12)18-19-15)9-10-3-2-6-16-7-10/h1-8H,9H2,(H,19,21).